The lowest BCUT2D eigenvalue weighted by atomic mass is 10.0. The van der Waals surface area contributed by atoms with Crippen LogP contribution in [-0.2, 0) is 0 Å². The Kier molecular flexibility index (Phi) is 5.91. The van der Waals surface area contributed by atoms with Crippen molar-refractivity contribution in [2.45, 2.75) is 12.8 Å². The first-order chi connectivity index (χ1) is 10.7. The molecule has 1 atom stereocenters. The van der Waals surface area contributed by atoms with Crippen molar-refractivity contribution in [2.24, 2.45) is 0 Å². The van der Waals surface area contributed by atoms with Gasteiger partial charge in [0.25, 0.3) is 5.69 Å². The molecule has 0 radical (unpaired) electrons. The number of benzene rings is 2. The Morgan fingerprint density at radius 2 is 1.73 bits per heavy atom. The van der Waals surface area contributed by atoms with Crippen LogP contribution in [-0.4, -0.2) is 24.6 Å². The highest BCUT2D eigenvalue weighted by Crippen LogP contribution is 2.15. The van der Waals surface area contributed by atoms with Crippen molar-refractivity contribution in [3.63, 3.8) is 0 Å². The summed E-state index contributed by atoms with van der Waals surface area (Å²) < 4.78 is 0. The van der Waals surface area contributed by atoms with E-state index in [0.717, 1.165) is 25.3 Å². The largest absolute Gasteiger partial charge is 0.384 e. The van der Waals surface area contributed by atoms with Gasteiger partial charge in [0.1, 0.15) is 0 Å². The van der Waals surface area contributed by atoms with Crippen LogP contribution in [0.15, 0.2) is 54.6 Å². The molecule has 0 aliphatic heterocycles. The second-order valence-corrected chi connectivity index (χ2v) is 5.25. The number of nitrogens with one attached hydrogen (secondary N) is 2. The first-order valence-corrected chi connectivity index (χ1v) is 7.41. The average molecular weight is 299 g/mol. The highest BCUT2D eigenvalue weighted by molar-refractivity contribution is 5.48. The molecule has 0 aliphatic carbocycles. The molecule has 2 rings (SSSR count). The quantitative estimate of drug-likeness (QED) is 0.445. The summed E-state index contributed by atoms with van der Waals surface area (Å²) in [4.78, 5) is 10.2. The molecule has 0 amide bonds. The van der Waals surface area contributed by atoms with E-state index in [1.54, 1.807) is 12.1 Å². The molecule has 5 heteroatoms. The van der Waals surface area contributed by atoms with Crippen LogP contribution in [0.4, 0.5) is 11.4 Å². The lowest BCUT2D eigenvalue weighted by Gasteiger charge is -2.13. The molecule has 1 unspecified atom stereocenters. The summed E-state index contributed by atoms with van der Waals surface area (Å²) >= 11 is 0. The Bertz CT molecular complexity index is 585. The fourth-order valence-electron chi connectivity index (χ4n) is 2.21. The van der Waals surface area contributed by atoms with E-state index in [2.05, 4.69) is 41.8 Å². The second-order valence-electron chi connectivity index (χ2n) is 5.25. The van der Waals surface area contributed by atoms with Crippen LogP contribution in [0.1, 0.15) is 18.4 Å². The molecular weight excluding hydrogens is 278 g/mol. The van der Waals surface area contributed by atoms with Crippen LogP contribution >= 0.6 is 0 Å². The molecule has 5 nitrogen and oxygen atoms in total. The molecule has 22 heavy (non-hydrogen) atoms. The smallest absolute Gasteiger partial charge is 0.269 e. The van der Waals surface area contributed by atoms with Gasteiger partial charge in [0.05, 0.1) is 4.92 Å². The van der Waals surface area contributed by atoms with Gasteiger partial charge < -0.3 is 10.6 Å². The zero-order chi connectivity index (χ0) is 15.8. The van der Waals surface area contributed by atoms with E-state index in [1.165, 1.54) is 17.7 Å². The molecule has 116 valence electrons. The zero-order valence-electron chi connectivity index (χ0n) is 12.7. The lowest BCUT2D eigenvalue weighted by Crippen LogP contribution is -2.26. The number of nitrogens with zero attached hydrogens (tertiary/aromatic N) is 1. The fraction of sp³-hybridized carbons (Fsp3) is 0.294. The predicted molar refractivity (Wildman–Crippen MR) is 89.3 cm³/mol. The molecule has 0 saturated carbocycles. The van der Waals surface area contributed by atoms with Crippen molar-refractivity contribution in [1.82, 2.24) is 5.32 Å². The Balaban J connectivity index is 1.66. The number of rotatable bonds is 8. The minimum Gasteiger partial charge on any atom is -0.384 e. The number of nitro groups is 1. The van der Waals surface area contributed by atoms with Gasteiger partial charge in [0.15, 0.2) is 0 Å². The minimum absolute atomic E-state index is 0.111. The van der Waals surface area contributed by atoms with Gasteiger partial charge in [0, 0.05) is 37.5 Å². The summed E-state index contributed by atoms with van der Waals surface area (Å²) in [6, 6.07) is 16.9. The van der Waals surface area contributed by atoms with Gasteiger partial charge in [-0.15, -0.1) is 0 Å². The summed E-state index contributed by atoms with van der Waals surface area (Å²) in [6.45, 7) is 4.74. The third kappa shape index (κ3) is 4.86. The van der Waals surface area contributed by atoms with Crippen molar-refractivity contribution < 1.29 is 4.92 Å². The number of hydrogen-bond donors (Lipinski definition) is 2. The highest BCUT2D eigenvalue weighted by atomic mass is 16.6. The second kappa shape index (κ2) is 8.14. The molecule has 0 aromatic heterocycles. The number of non-ortho nitro benzene ring substituents is 1. The SMILES string of the molecule is CC(CNCCNc1ccc([N+](=O)[O-])cc1)c1ccccc1. The maximum absolute atomic E-state index is 10.6. The average Bonchev–Trinajstić information content (AvgIpc) is 2.55. The maximum Gasteiger partial charge on any atom is 0.269 e. The highest BCUT2D eigenvalue weighted by Gasteiger charge is 2.04. The molecule has 0 fully saturated rings. The Labute approximate surface area is 130 Å². The summed E-state index contributed by atoms with van der Waals surface area (Å²) in [7, 11) is 0. The Morgan fingerprint density at radius 3 is 2.36 bits per heavy atom. The van der Waals surface area contributed by atoms with Crippen LogP contribution in [0, 0.1) is 10.1 Å². The van der Waals surface area contributed by atoms with Gasteiger partial charge >= 0.3 is 0 Å². The van der Waals surface area contributed by atoms with Gasteiger partial charge in [0.2, 0.25) is 0 Å². The van der Waals surface area contributed by atoms with Crippen molar-refractivity contribution in [2.75, 3.05) is 25.0 Å². The lowest BCUT2D eigenvalue weighted by molar-refractivity contribution is -0.384. The summed E-state index contributed by atoms with van der Waals surface area (Å²) in [6.07, 6.45) is 0. The van der Waals surface area contributed by atoms with Crippen molar-refractivity contribution in [3.8, 4) is 0 Å². The van der Waals surface area contributed by atoms with E-state index in [1.807, 2.05) is 6.07 Å². The summed E-state index contributed by atoms with van der Waals surface area (Å²) in [5, 5.41) is 17.2. The molecule has 2 aromatic rings. The van der Waals surface area contributed by atoms with Gasteiger partial charge in [-0.25, -0.2) is 0 Å². The van der Waals surface area contributed by atoms with Crippen molar-refractivity contribution >= 4 is 11.4 Å². The van der Waals surface area contributed by atoms with Crippen molar-refractivity contribution in [1.29, 1.82) is 0 Å². The predicted octanol–water partition coefficient (Wildman–Crippen LogP) is 3.40. The fourth-order valence-corrected chi connectivity index (χ4v) is 2.21. The molecule has 2 aromatic carbocycles. The summed E-state index contributed by atoms with van der Waals surface area (Å²) in [5.74, 6) is 0.473. The van der Waals surface area contributed by atoms with E-state index < -0.39 is 4.92 Å². The van der Waals surface area contributed by atoms with Gasteiger partial charge in [-0.2, -0.15) is 0 Å². The number of anilines is 1. The molecule has 0 heterocycles. The van der Waals surface area contributed by atoms with Crippen LogP contribution in [0.25, 0.3) is 0 Å². The molecule has 0 saturated heterocycles. The maximum atomic E-state index is 10.6. The minimum atomic E-state index is -0.393. The topological polar surface area (TPSA) is 67.2 Å². The van der Waals surface area contributed by atoms with Crippen LogP contribution in [0.5, 0.6) is 0 Å². The van der Waals surface area contributed by atoms with Gasteiger partial charge in [-0.1, -0.05) is 37.3 Å². The third-order valence-corrected chi connectivity index (χ3v) is 3.53. The number of nitro benzene ring substituents is 1. The number of hydrogen-bond acceptors (Lipinski definition) is 4. The van der Waals surface area contributed by atoms with Crippen molar-refractivity contribution in [3.05, 3.63) is 70.3 Å². The zero-order valence-corrected chi connectivity index (χ0v) is 12.7. The van der Waals surface area contributed by atoms with E-state index in [-0.39, 0.29) is 5.69 Å². The van der Waals surface area contributed by atoms with E-state index in [9.17, 15) is 10.1 Å². The first kappa shape index (κ1) is 16.0. The van der Waals surface area contributed by atoms with E-state index in [0.29, 0.717) is 5.92 Å². The molecule has 2 N–H and O–H groups in total. The third-order valence-electron chi connectivity index (χ3n) is 3.53. The van der Waals surface area contributed by atoms with Crippen LogP contribution in [0.2, 0.25) is 0 Å². The van der Waals surface area contributed by atoms with Gasteiger partial charge in [-0.3, -0.25) is 10.1 Å². The Hall–Kier alpha value is -2.40. The van der Waals surface area contributed by atoms with Gasteiger partial charge in [-0.05, 0) is 23.6 Å². The van der Waals surface area contributed by atoms with Crippen LogP contribution in [0.3, 0.4) is 0 Å². The molecule has 0 aliphatic rings. The Morgan fingerprint density at radius 1 is 1.05 bits per heavy atom. The monoisotopic (exact) mass is 299 g/mol. The standard InChI is InChI=1S/C17H21N3O2/c1-14(15-5-3-2-4-6-15)13-18-11-12-19-16-7-9-17(10-8-16)20(21)22/h2-10,14,18-19H,11-13H2,1H3. The summed E-state index contributed by atoms with van der Waals surface area (Å²) in [5.41, 5.74) is 2.34. The molecule has 0 spiro atoms. The molecular formula is C17H21N3O2. The normalized spacial score (nSPS) is 11.9. The van der Waals surface area contributed by atoms with Crippen LogP contribution < -0.4 is 10.6 Å². The molecule has 0 bridgehead atoms. The van der Waals surface area contributed by atoms with E-state index in [4.69, 9.17) is 0 Å². The first-order valence-electron chi connectivity index (χ1n) is 7.41. The van der Waals surface area contributed by atoms with E-state index >= 15 is 0 Å².